The highest BCUT2D eigenvalue weighted by Crippen LogP contribution is 2.26. The summed E-state index contributed by atoms with van der Waals surface area (Å²) in [5.74, 6) is -1.86. The van der Waals surface area contributed by atoms with Crippen molar-refractivity contribution >= 4 is 5.78 Å². The molecule has 8 heteroatoms. The van der Waals surface area contributed by atoms with Crippen LogP contribution in [-0.2, 0) is 6.18 Å². The smallest absolute Gasteiger partial charge is 0.219 e. The minimum atomic E-state index is -4.60. The van der Waals surface area contributed by atoms with Crippen molar-refractivity contribution in [2.75, 3.05) is 0 Å². The fraction of sp³-hybridized carbons (Fsp3) is 0.333. The van der Waals surface area contributed by atoms with Crippen LogP contribution in [0.4, 0.5) is 13.2 Å². The highest BCUT2D eigenvalue weighted by Gasteiger charge is 2.36. The summed E-state index contributed by atoms with van der Waals surface area (Å²) >= 11 is 0. The SMILES string of the molecule is CC(C#N)c1cnc2nc(C(F)(F)F)nn2c1. The average Bonchev–Trinajstić information content (AvgIpc) is 2.70. The van der Waals surface area contributed by atoms with Gasteiger partial charge in [-0.1, -0.05) is 0 Å². The van der Waals surface area contributed by atoms with E-state index in [0.29, 0.717) is 5.56 Å². The monoisotopic (exact) mass is 241 g/mol. The molecule has 0 bridgehead atoms. The van der Waals surface area contributed by atoms with Gasteiger partial charge in [0.2, 0.25) is 0 Å². The van der Waals surface area contributed by atoms with E-state index in [1.54, 1.807) is 6.92 Å². The second-order valence-electron chi connectivity index (χ2n) is 3.42. The summed E-state index contributed by atoms with van der Waals surface area (Å²) in [5, 5.41) is 12.0. The van der Waals surface area contributed by atoms with Crippen molar-refractivity contribution in [1.29, 1.82) is 5.26 Å². The highest BCUT2D eigenvalue weighted by molar-refractivity contribution is 5.30. The van der Waals surface area contributed by atoms with Crippen LogP contribution >= 0.6 is 0 Å². The zero-order valence-corrected chi connectivity index (χ0v) is 8.60. The first-order valence-electron chi connectivity index (χ1n) is 4.61. The van der Waals surface area contributed by atoms with E-state index in [4.69, 9.17) is 5.26 Å². The van der Waals surface area contributed by atoms with Gasteiger partial charge in [0, 0.05) is 18.0 Å². The number of hydrogen-bond donors (Lipinski definition) is 0. The number of nitriles is 1. The maximum absolute atomic E-state index is 12.3. The van der Waals surface area contributed by atoms with Crippen molar-refractivity contribution in [3.8, 4) is 6.07 Å². The van der Waals surface area contributed by atoms with E-state index >= 15 is 0 Å². The average molecular weight is 241 g/mol. The summed E-state index contributed by atoms with van der Waals surface area (Å²) in [7, 11) is 0. The molecule has 0 aliphatic heterocycles. The van der Waals surface area contributed by atoms with Gasteiger partial charge in [-0.3, -0.25) is 0 Å². The van der Waals surface area contributed by atoms with E-state index in [-0.39, 0.29) is 5.78 Å². The highest BCUT2D eigenvalue weighted by atomic mass is 19.4. The molecule has 0 fully saturated rings. The molecule has 2 aromatic heterocycles. The lowest BCUT2D eigenvalue weighted by Crippen LogP contribution is -2.07. The lowest BCUT2D eigenvalue weighted by atomic mass is 10.1. The molecule has 88 valence electrons. The molecule has 0 N–H and O–H groups in total. The van der Waals surface area contributed by atoms with Gasteiger partial charge in [-0.15, -0.1) is 5.10 Å². The first-order chi connectivity index (χ1) is 7.91. The third kappa shape index (κ3) is 2.04. The van der Waals surface area contributed by atoms with Crippen molar-refractivity contribution in [1.82, 2.24) is 19.6 Å². The fourth-order valence-electron chi connectivity index (χ4n) is 1.21. The van der Waals surface area contributed by atoms with Crippen molar-refractivity contribution in [3.05, 3.63) is 23.8 Å². The van der Waals surface area contributed by atoms with Gasteiger partial charge in [0.15, 0.2) is 0 Å². The molecular weight excluding hydrogens is 235 g/mol. The van der Waals surface area contributed by atoms with Gasteiger partial charge in [0.1, 0.15) is 0 Å². The van der Waals surface area contributed by atoms with Crippen LogP contribution in [0, 0.1) is 11.3 Å². The summed E-state index contributed by atoms with van der Waals surface area (Å²) in [6, 6.07) is 1.96. The maximum atomic E-state index is 12.3. The van der Waals surface area contributed by atoms with Crippen molar-refractivity contribution in [2.24, 2.45) is 0 Å². The number of halogens is 3. The number of aromatic nitrogens is 4. The molecule has 5 nitrogen and oxygen atoms in total. The van der Waals surface area contributed by atoms with Crippen LogP contribution in [0.5, 0.6) is 0 Å². The molecule has 0 saturated carbocycles. The number of nitrogens with zero attached hydrogens (tertiary/aromatic N) is 5. The van der Waals surface area contributed by atoms with Gasteiger partial charge >= 0.3 is 6.18 Å². The minimum absolute atomic E-state index is 0.147. The summed E-state index contributed by atoms with van der Waals surface area (Å²) in [6.45, 7) is 1.62. The van der Waals surface area contributed by atoms with E-state index in [1.807, 2.05) is 6.07 Å². The Bertz CT molecular complexity index is 595. The van der Waals surface area contributed by atoms with Gasteiger partial charge in [-0.25, -0.2) is 9.50 Å². The van der Waals surface area contributed by atoms with Gasteiger partial charge in [-0.2, -0.15) is 23.4 Å². The van der Waals surface area contributed by atoms with E-state index in [9.17, 15) is 13.2 Å². The standard InChI is InChI=1S/C9H6F3N5/c1-5(2-13)6-3-14-8-15-7(9(10,11)12)16-17(8)4-6/h3-5H,1H3. The van der Waals surface area contributed by atoms with Crippen molar-refractivity contribution in [3.63, 3.8) is 0 Å². The van der Waals surface area contributed by atoms with Gasteiger partial charge in [-0.05, 0) is 6.92 Å². The molecule has 17 heavy (non-hydrogen) atoms. The Hall–Kier alpha value is -2.17. The lowest BCUT2D eigenvalue weighted by molar-refractivity contribution is -0.144. The van der Waals surface area contributed by atoms with Gasteiger partial charge in [0.05, 0.1) is 12.0 Å². The molecule has 0 saturated heterocycles. The van der Waals surface area contributed by atoms with Crippen LogP contribution in [0.3, 0.4) is 0 Å². The summed E-state index contributed by atoms with van der Waals surface area (Å²) < 4.78 is 37.9. The Morgan fingerprint density at radius 2 is 2.18 bits per heavy atom. The van der Waals surface area contributed by atoms with E-state index in [1.165, 1.54) is 12.4 Å². The Morgan fingerprint density at radius 1 is 1.47 bits per heavy atom. The minimum Gasteiger partial charge on any atom is -0.219 e. The Morgan fingerprint density at radius 3 is 2.76 bits per heavy atom. The number of alkyl halides is 3. The molecule has 1 unspecified atom stereocenters. The second kappa shape index (κ2) is 3.69. The molecule has 2 rings (SSSR count). The zero-order valence-electron chi connectivity index (χ0n) is 8.60. The topological polar surface area (TPSA) is 66.9 Å². The summed E-state index contributed by atoms with van der Waals surface area (Å²) in [4.78, 5) is 6.97. The quantitative estimate of drug-likeness (QED) is 0.763. The molecule has 0 aliphatic carbocycles. The molecule has 0 aliphatic rings. The van der Waals surface area contributed by atoms with Crippen LogP contribution in [0.25, 0.3) is 5.78 Å². The van der Waals surface area contributed by atoms with Gasteiger partial charge < -0.3 is 0 Å². The van der Waals surface area contributed by atoms with E-state index in [0.717, 1.165) is 4.52 Å². The van der Waals surface area contributed by atoms with Crippen LogP contribution in [0.1, 0.15) is 24.2 Å². The maximum Gasteiger partial charge on any atom is 0.453 e. The summed E-state index contributed by atoms with van der Waals surface area (Å²) in [6.07, 6.45) is -1.97. The number of hydrogen-bond acceptors (Lipinski definition) is 4. The number of fused-ring (bicyclic) bond motifs is 1. The third-order valence-electron chi connectivity index (χ3n) is 2.16. The van der Waals surface area contributed by atoms with E-state index in [2.05, 4.69) is 15.1 Å². The van der Waals surface area contributed by atoms with Gasteiger partial charge in [0.25, 0.3) is 11.6 Å². The normalized spacial score (nSPS) is 13.6. The molecule has 2 aromatic rings. The Labute approximate surface area is 93.5 Å². The molecular formula is C9H6F3N5. The van der Waals surface area contributed by atoms with E-state index < -0.39 is 17.9 Å². The van der Waals surface area contributed by atoms with Crippen LogP contribution in [-0.4, -0.2) is 19.6 Å². The molecule has 0 radical (unpaired) electrons. The van der Waals surface area contributed by atoms with Crippen LogP contribution in [0.15, 0.2) is 12.4 Å². The lowest BCUT2D eigenvalue weighted by Gasteiger charge is -2.00. The summed E-state index contributed by atoms with van der Waals surface area (Å²) in [5.41, 5.74) is 0.485. The molecule has 2 heterocycles. The third-order valence-corrected chi connectivity index (χ3v) is 2.16. The second-order valence-corrected chi connectivity index (χ2v) is 3.42. The Kier molecular flexibility index (Phi) is 2.46. The fourth-order valence-corrected chi connectivity index (χ4v) is 1.21. The molecule has 1 atom stereocenters. The largest absolute Gasteiger partial charge is 0.453 e. The van der Waals surface area contributed by atoms with Crippen molar-refractivity contribution < 1.29 is 13.2 Å². The van der Waals surface area contributed by atoms with Crippen molar-refractivity contribution in [2.45, 2.75) is 19.0 Å². The van der Waals surface area contributed by atoms with Crippen LogP contribution in [0.2, 0.25) is 0 Å². The number of rotatable bonds is 1. The Balaban J connectivity index is 2.53. The first-order valence-corrected chi connectivity index (χ1v) is 4.61. The molecule has 0 aromatic carbocycles. The predicted octanol–water partition coefficient (Wildman–Crippen LogP) is 1.77. The molecule has 0 spiro atoms. The zero-order chi connectivity index (χ0) is 12.6. The molecule has 0 amide bonds. The predicted molar refractivity (Wildman–Crippen MR) is 49.8 cm³/mol. The first kappa shape index (κ1) is 11.3. The van der Waals surface area contributed by atoms with Crippen LogP contribution < -0.4 is 0 Å².